The molecule has 2 aromatic carbocycles. The van der Waals surface area contributed by atoms with Crippen LogP contribution in [-0.2, 0) is 20.7 Å². The number of aromatic nitrogens is 1. The summed E-state index contributed by atoms with van der Waals surface area (Å²) in [6.45, 7) is 0.663. The van der Waals surface area contributed by atoms with E-state index in [9.17, 15) is 9.59 Å². The van der Waals surface area contributed by atoms with Gasteiger partial charge in [-0.3, -0.25) is 9.59 Å². The minimum absolute atomic E-state index is 0.261. The van der Waals surface area contributed by atoms with Crippen molar-refractivity contribution in [2.45, 2.75) is 19.3 Å². The number of benzene rings is 2. The van der Waals surface area contributed by atoms with Crippen molar-refractivity contribution in [3.8, 4) is 11.5 Å². The van der Waals surface area contributed by atoms with Crippen LogP contribution >= 0.6 is 0 Å². The highest BCUT2D eigenvalue weighted by Gasteiger charge is 2.14. The Morgan fingerprint density at radius 2 is 1.90 bits per heavy atom. The van der Waals surface area contributed by atoms with E-state index in [1.54, 1.807) is 18.2 Å². The molecule has 1 aromatic heterocycles. The summed E-state index contributed by atoms with van der Waals surface area (Å²) in [6, 6.07) is 13.2. The number of anilines is 1. The highest BCUT2D eigenvalue weighted by Crippen LogP contribution is 2.32. The zero-order chi connectivity index (χ0) is 20.1. The Morgan fingerprint density at radius 3 is 2.79 bits per heavy atom. The lowest BCUT2D eigenvalue weighted by atomic mass is 10.1. The number of amides is 1. The van der Waals surface area contributed by atoms with E-state index in [1.807, 2.05) is 24.4 Å². The van der Waals surface area contributed by atoms with E-state index in [0.29, 0.717) is 36.8 Å². The Morgan fingerprint density at radius 1 is 1.07 bits per heavy atom. The van der Waals surface area contributed by atoms with Crippen molar-refractivity contribution in [2.75, 3.05) is 25.1 Å². The van der Waals surface area contributed by atoms with Crippen molar-refractivity contribution < 1.29 is 23.8 Å². The molecule has 2 heterocycles. The van der Waals surface area contributed by atoms with E-state index in [2.05, 4.69) is 16.4 Å². The van der Waals surface area contributed by atoms with Crippen LogP contribution < -0.4 is 14.8 Å². The average molecular weight is 394 g/mol. The van der Waals surface area contributed by atoms with E-state index < -0.39 is 5.91 Å². The first-order valence-corrected chi connectivity index (χ1v) is 9.59. The van der Waals surface area contributed by atoms with Crippen LogP contribution in [0.25, 0.3) is 10.9 Å². The molecule has 0 bridgehead atoms. The Hall–Kier alpha value is -3.48. The number of aromatic amines is 1. The first-order valence-electron chi connectivity index (χ1n) is 9.59. The summed E-state index contributed by atoms with van der Waals surface area (Å²) in [4.78, 5) is 27.2. The molecule has 0 atom stereocenters. The first-order chi connectivity index (χ1) is 14.2. The number of para-hydroxylation sites is 1. The number of ether oxygens (including phenoxy) is 3. The minimum atomic E-state index is -0.397. The zero-order valence-electron chi connectivity index (χ0n) is 15.9. The molecule has 0 saturated heterocycles. The van der Waals surface area contributed by atoms with Gasteiger partial charge in [-0.1, -0.05) is 18.2 Å². The third kappa shape index (κ3) is 4.68. The van der Waals surface area contributed by atoms with E-state index in [-0.39, 0.29) is 19.0 Å². The van der Waals surface area contributed by atoms with Gasteiger partial charge in [0, 0.05) is 35.3 Å². The fourth-order valence-corrected chi connectivity index (χ4v) is 3.30. The van der Waals surface area contributed by atoms with Gasteiger partial charge in [0.1, 0.15) is 13.2 Å². The second-order valence-electron chi connectivity index (χ2n) is 6.78. The number of esters is 1. The van der Waals surface area contributed by atoms with Crippen molar-refractivity contribution in [1.29, 1.82) is 0 Å². The quantitative estimate of drug-likeness (QED) is 0.599. The molecule has 0 aliphatic carbocycles. The maximum Gasteiger partial charge on any atom is 0.306 e. The molecule has 2 N–H and O–H groups in total. The second-order valence-corrected chi connectivity index (χ2v) is 6.78. The number of aryl methyl sites for hydroxylation is 1. The maximum atomic E-state index is 12.0. The molecule has 4 rings (SSSR count). The third-order valence-corrected chi connectivity index (χ3v) is 4.69. The average Bonchev–Trinajstić information content (AvgIpc) is 3.15. The van der Waals surface area contributed by atoms with Gasteiger partial charge in [-0.15, -0.1) is 0 Å². The molecule has 150 valence electrons. The molecule has 0 radical (unpaired) electrons. The number of carbonyl (C=O) groups excluding carboxylic acids is 2. The second kappa shape index (κ2) is 8.68. The summed E-state index contributed by atoms with van der Waals surface area (Å²) in [6.07, 6.45) is 3.65. The van der Waals surface area contributed by atoms with Crippen LogP contribution in [0.2, 0.25) is 0 Å². The van der Waals surface area contributed by atoms with Crippen LogP contribution in [0.1, 0.15) is 18.4 Å². The Balaban J connectivity index is 1.20. The highest BCUT2D eigenvalue weighted by atomic mass is 16.6. The standard InChI is InChI=1S/C22H22N2O5/c25-21(24-16-8-9-19-20(12-16)28-11-10-27-19)14-29-22(26)7-3-4-15-13-23-18-6-2-1-5-17(15)18/h1-2,5-6,8-9,12-13,23H,3-4,7,10-11,14H2,(H,24,25). The van der Waals surface area contributed by atoms with Crippen molar-refractivity contribution in [3.05, 3.63) is 54.2 Å². The lowest BCUT2D eigenvalue weighted by molar-refractivity contribution is -0.147. The molecule has 29 heavy (non-hydrogen) atoms. The molecule has 7 nitrogen and oxygen atoms in total. The summed E-state index contributed by atoms with van der Waals surface area (Å²) in [5, 5.41) is 3.86. The number of carbonyl (C=O) groups is 2. The fourth-order valence-electron chi connectivity index (χ4n) is 3.30. The molecule has 0 fully saturated rings. The van der Waals surface area contributed by atoms with Crippen LogP contribution in [0.4, 0.5) is 5.69 Å². The number of nitrogens with one attached hydrogen (secondary N) is 2. The number of H-pyrrole nitrogens is 1. The molecule has 1 amide bonds. The SMILES string of the molecule is O=C(COC(=O)CCCc1c[nH]c2ccccc12)Nc1ccc2c(c1)OCCO2. The maximum absolute atomic E-state index is 12.0. The largest absolute Gasteiger partial charge is 0.486 e. The smallest absolute Gasteiger partial charge is 0.306 e. The van der Waals surface area contributed by atoms with Gasteiger partial charge in [-0.25, -0.2) is 0 Å². The van der Waals surface area contributed by atoms with E-state index in [4.69, 9.17) is 14.2 Å². The first kappa shape index (κ1) is 18.9. The molecule has 0 saturated carbocycles. The summed E-state index contributed by atoms with van der Waals surface area (Å²) in [7, 11) is 0. The van der Waals surface area contributed by atoms with Gasteiger partial charge in [0.2, 0.25) is 0 Å². The van der Waals surface area contributed by atoms with Gasteiger partial charge in [0.05, 0.1) is 0 Å². The van der Waals surface area contributed by atoms with Gasteiger partial charge in [-0.2, -0.15) is 0 Å². The Bertz CT molecular complexity index is 1030. The van der Waals surface area contributed by atoms with Crippen LogP contribution in [0.3, 0.4) is 0 Å². The van der Waals surface area contributed by atoms with E-state index in [0.717, 1.165) is 11.9 Å². The van der Waals surface area contributed by atoms with Crippen LogP contribution in [0.5, 0.6) is 11.5 Å². The van der Waals surface area contributed by atoms with Gasteiger partial charge in [0.15, 0.2) is 18.1 Å². The highest BCUT2D eigenvalue weighted by molar-refractivity contribution is 5.93. The molecule has 3 aromatic rings. The third-order valence-electron chi connectivity index (χ3n) is 4.69. The van der Waals surface area contributed by atoms with Crippen LogP contribution in [0.15, 0.2) is 48.7 Å². The predicted molar refractivity (Wildman–Crippen MR) is 108 cm³/mol. The van der Waals surface area contributed by atoms with Crippen molar-refractivity contribution in [1.82, 2.24) is 4.98 Å². The molecule has 0 unspecified atom stereocenters. The van der Waals surface area contributed by atoms with Crippen LogP contribution in [-0.4, -0.2) is 36.7 Å². The fraction of sp³-hybridized carbons (Fsp3) is 0.273. The minimum Gasteiger partial charge on any atom is -0.486 e. The van der Waals surface area contributed by atoms with E-state index in [1.165, 1.54) is 10.9 Å². The van der Waals surface area contributed by atoms with Crippen LogP contribution in [0, 0.1) is 0 Å². The normalized spacial score (nSPS) is 12.6. The summed E-state index contributed by atoms with van der Waals surface area (Å²) in [5.74, 6) is 0.452. The predicted octanol–water partition coefficient (Wildman–Crippen LogP) is 3.44. The Labute approximate surface area is 168 Å². The van der Waals surface area contributed by atoms with Crippen molar-refractivity contribution >= 4 is 28.5 Å². The summed E-state index contributed by atoms with van der Waals surface area (Å²) >= 11 is 0. The lowest BCUT2D eigenvalue weighted by Crippen LogP contribution is -2.21. The Kier molecular flexibility index (Phi) is 5.65. The summed E-state index contributed by atoms with van der Waals surface area (Å²) in [5.41, 5.74) is 2.82. The topological polar surface area (TPSA) is 89.7 Å². The van der Waals surface area contributed by atoms with Gasteiger partial charge >= 0.3 is 5.97 Å². The van der Waals surface area contributed by atoms with Gasteiger partial charge < -0.3 is 24.5 Å². The van der Waals surface area contributed by atoms with Crippen molar-refractivity contribution in [3.63, 3.8) is 0 Å². The number of rotatable bonds is 7. The molecule has 1 aliphatic rings. The number of hydrogen-bond acceptors (Lipinski definition) is 5. The van der Waals surface area contributed by atoms with Crippen molar-refractivity contribution in [2.24, 2.45) is 0 Å². The molecule has 0 spiro atoms. The van der Waals surface area contributed by atoms with Gasteiger partial charge in [0.25, 0.3) is 5.91 Å². The molecule has 7 heteroatoms. The summed E-state index contributed by atoms with van der Waals surface area (Å²) < 4.78 is 16.0. The zero-order valence-corrected chi connectivity index (χ0v) is 15.9. The monoisotopic (exact) mass is 394 g/mol. The molecule has 1 aliphatic heterocycles. The molecular formula is C22H22N2O5. The number of hydrogen-bond donors (Lipinski definition) is 2. The molecular weight excluding hydrogens is 372 g/mol. The lowest BCUT2D eigenvalue weighted by Gasteiger charge is -2.19. The number of fused-ring (bicyclic) bond motifs is 2. The van der Waals surface area contributed by atoms with E-state index >= 15 is 0 Å². The van der Waals surface area contributed by atoms with Gasteiger partial charge in [-0.05, 0) is 36.6 Å².